The summed E-state index contributed by atoms with van der Waals surface area (Å²) < 4.78 is 50.5. The lowest BCUT2D eigenvalue weighted by atomic mass is 9.82. The van der Waals surface area contributed by atoms with Crippen LogP contribution in [0, 0.1) is 11.7 Å². The highest BCUT2D eigenvalue weighted by Crippen LogP contribution is 2.49. The van der Waals surface area contributed by atoms with Gasteiger partial charge in [0.1, 0.15) is 11.4 Å². The highest BCUT2D eigenvalue weighted by Gasteiger charge is 2.53. The molecular weight excluding hydrogens is 371 g/mol. The number of nitrogens with zero attached hydrogens (tertiary/aromatic N) is 1. The predicted octanol–water partition coefficient (Wildman–Crippen LogP) is 5.30. The van der Waals surface area contributed by atoms with Crippen molar-refractivity contribution < 1.29 is 27.5 Å². The minimum Gasteiger partial charge on any atom is -0.444 e. The van der Waals surface area contributed by atoms with E-state index in [1.165, 1.54) is 12.1 Å². The maximum absolute atomic E-state index is 15.2. The molecule has 1 aromatic rings. The molecule has 7 heteroatoms. The van der Waals surface area contributed by atoms with Crippen molar-refractivity contribution in [3.8, 4) is 0 Å². The Morgan fingerprint density at radius 1 is 1.11 bits per heavy atom. The van der Waals surface area contributed by atoms with E-state index in [9.17, 15) is 14.0 Å². The zero-order valence-corrected chi connectivity index (χ0v) is 16.6. The van der Waals surface area contributed by atoms with Crippen LogP contribution >= 0.6 is 0 Å². The lowest BCUT2D eigenvalue weighted by molar-refractivity contribution is -0.100. The number of hydrogen-bond acceptors (Lipinski definition) is 3. The second kappa shape index (κ2) is 7.08. The van der Waals surface area contributed by atoms with Crippen LogP contribution in [0.25, 0.3) is 0 Å². The van der Waals surface area contributed by atoms with Crippen molar-refractivity contribution in [2.45, 2.75) is 77.0 Å². The molecule has 2 aliphatic heterocycles. The molecule has 1 amide bonds. The van der Waals surface area contributed by atoms with E-state index < -0.39 is 40.7 Å². The van der Waals surface area contributed by atoms with E-state index in [4.69, 9.17) is 4.74 Å². The van der Waals surface area contributed by atoms with E-state index >= 15 is 8.78 Å². The summed E-state index contributed by atoms with van der Waals surface area (Å²) in [4.78, 5) is 25.6. The quantitative estimate of drug-likeness (QED) is 0.651. The van der Waals surface area contributed by atoms with Crippen LogP contribution in [0.4, 0.5) is 18.0 Å². The minimum absolute atomic E-state index is 0.0759. The normalized spacial score (nSPS) is 25.0. The molecule has 0 N–H and O–H groups in total. The van der Waals surface area contributed by atoms with Crippen LogP contribution in [0.2, 0.25) is 0 Å². The van der Waals surface area contributed by atoms with Crippen molar-refractivity contribution in [2.24, 2.45) is 5.92 Å². The van der Waals surface area contributed by atoms with E-state index in [1.807, 2.05) is 0 Å². The van der Waals surface area contributed by atoms with Crippen molar-refractivity contribution in [3.05, 3.63) is 35.1 Å². The highest BCUT2D eigenvalue weighted by atomic mass is 19.3. The van der Waals surface area contributed by atoms with Gasteiger partial charge < -0.3 is 9.64 Å². The van der Waals surface area contributed by atoms with Crippen LogP contribution in [0.1, 0.15) is 69.3 Å². The van der Waals surface area contributed by atoms with Gasteiger partial charge in [-0.1, -0.05) is 12.1 Å². The van der Waals surface area contributed by atoms with Crippen molar-refractivity contribution in [1.82, 2.24) is 4.90 Å². The number of piperidine rings is 1. The molecule has 2 aliphatic rings. The highest BCUT2D eigenvalue weighted by molar-refractivity contribution is 5.94. The molecule has 2 saturated heterocycles. The van der Waals surface area contributed by atoms with Gasteiger partial charge in [0.25, 0.3) is 5.92 Å². The third kappa shape index (κ3) is 3.76. The summed E-state index contributed by atoms with van der Waals surface area (Å²) in [5.74, 6) is -6.26. The first-order valence-electron chi connectivity index (χ1n) is 9.61. The molecule has 0 aromatic heterocycles. The van der Waals surface area contributed by atoms with Crippen molar-refractivity contribution in [2.75, 3.05) is 0 Å². The molecule has 0 aliphatic carbocycles. The molecule has 0 radical (unpaired) electrons. The summed E-state index contributed by atoms with van der Waals surface area (Å²) in [6.45, 7) is 6.44. The van der Waals surface area contributed by atoms with Crippen LogP contribution in [0.15, 0.2) is 18.2 Å². The first-order chi connectivity index (χ1) is 12.9. The summed E-state index contributed by atoms with van der Waals surface area (Å²) in [6.07, 6.45) is 0.934. The third-order valence-electron chi connectivity index (χ3n) is 5.59. The molecule has 2 atom stereocenters. The number of carbonyl (C=O) groups is 2. The zero-order chi connectivity index (χ0) is 20.9. The van der Waals surface area contributed by atoms with Gasteiger partial charge in [-0.2, -0.15) is 0 Å². The molecule has 154 valence electrons. The molecule has 3 rings (SSSR count). The number of ketones is 1. The summed E-state index contributed by atoms with van der Waals surface area (Å²) >= 11 is 0. The second-order valence-electron chi connectivity index (χ2n) is 8.79. The Kier molecular flexibility index (Phi) is 5.23. The maximum atomic E-state index is 15.2. The molecule has 1 aromatic carbocycles. The van der Waals surface area contributed by atoms with Crippen LogP contribution in [-0.2, 0) is 10.7 Å². The Morgan fingerprint density at radius 3 is 2.18 bits per heavy atom. The molecule has 2 heterocycles. The van der Waals surface area contributed by atoms with Gasteiger partial charge in [0, 0.05) is 18.0 Å². The molecular formula is C21H26F3NO3. The SMILES string of the molecule is CC(=O)c1cccc(C(F)(F)C2CC3CCC(C2)N3C(=O)OC(C)(C)C)c1F. The number of ether oxygens (including phenoxy) is 1. The number of rotatable bonds is 3. The Bertz CT molecular complexity index is 774. The van der Waals surface area contributed by atoms with Gasteiger partial charge in [-0.15, -0.1) is 0 Å². The number of halogens is 3. The average Bonchev–Trinajstić information content (AvgIpc) is 2.83. The van der Waals surface area contributed by atoms with Gasteiger partial charge in [0.15, 0.2) is 5.78 Å². The second-order valence-corrected chi connectivity index (χ2v) is 8.79. The lowest BCUT2D eigenvalue weighted by Crippen LogP contribution is -2.50. The minimum atomic E-state index is -3.42. The maximum Gasteiger partial charge on any atom is 0.410 e. The van der Waals surface area contributed by atoms with Crippen LogP contribution in [0.5, 0.6) is 0 Å². The van der Waals surface area contributed by atoms with Crippen molar-refractivity contribution in [1.29, 1.82) is 0 Å². The first-order valence-corrected chi connectivity index (χ1v) is 9.61. The third-order valence-corrected chi connectivity index (χ3v) is 5.59. The van der Waals surface area contributed by atoms with Gasteiger partial charge >= 0.3 is 6.09 Å². The van der Waals surface area contributed by atoms with Crippen LogP contribution in [0.3, 0.4) is 0 Å². The van der Waals surface area contributed by atoms with Gasteiger partial charge in [0.05, 0.1) is 11.1 Å². The van der Waals surface area contributed by atoms with Gasteiger partial charge in [-0.3, -0.25) is 4.79 Å². The van der Waals surface area contributed by atoms with E-state index in [-0.39, 0.29) is 30.5 Å². The van der Waals surface area contributed by atoms with E-state index in [0.717, 1.165) is 13.0 Å². The summed E-state index contributed by atoms with van der Waals surface area (Å²) in [5.41, 5.74) is -1.73. The van der Waals surface area contributed by atoms with Crippen LogP contribution in [-0.4, -0.2) is 34.5 Å². The number of Topliss-reactive ketones (excluding diaryl/α,β-unsaturated/α-hetero) is 1. The number of amides is 1. The van der Waals surface area contributed by atoms with Gasteiger partial charge in [0.2, 0.25) is 0 Å². The predicted molar refractivity (Wildman–Crippen MR) is 97.9 cm³/mol. The summed E-state index contributed by atoms with van der Waals surface area (Å²) in [7, 11) is 0. The molecule has 0 saturated carbocycles. The molecule has 2 bridgehead atoms. The summed E-state index contributed by atoms with van der Waals surface area (Å²) in [6, 6.07) is 2.86. The Hall–Kier alpha value is -2.05. The largest absolute Gasteiger partial charge is 0.444 e. The molecule has 28 heavy (non-hydrogen) atoms. The Balaban J connectivity index is 1.83. The molecule has 2 unspecified atom stereocenters. The molecule has 0 spiro atoms. The monoisotopic (exact) mass is 397 g/mol. The van der Waals surface area contributed by atoms with E-state index in [2.05, 4.69) is 0 Å². The van der Waals surface area contributed by atoms with Gasteiger partial charge in [-0.05, 0) is 59.4 Å². The van der Waals surface area contributed by atoms with E-state index in [1.54, 1.807) is 25.7 Å². The average molecular weight is 397 g/mol. The fourth-order valence-corrected chi connectivity index (χ4v) is 4.37. The first kappa shape index (κ1) is 20.7. The number of alkyl halides is 2. The number of benzene rings is 1. The lowest BCUT2D eigenvalue weighted by Gasteiger charge is -2.41. The topological polar surface area (TPSA) is 46.6 Å². The fraction of sp³-hybridized carbons (Fsp3) is 0.619. The summed E-state index contributed by atoms with van der Waals surface area (Å²) in [5, 5.41) is 0. The number of carbonyl (C=O) groups excluding carboxylic acids is 2. The smallest absolute Gasteiger partial charge is 0.410 e. The van der Waals surface area contributed by atoms with E-state index in [0.29, 0.717) is 12.8 Å². The standard InChI is InChI=1S/C21H26F3NO3/c1-12(26)16-6-5-7-17(18(16)22)21(23,24)13-10-14-8-9-15(11-13)25(14)19(27)28-20(2,3)4/h5-7,13-15H,8-11H2,1-4H3. The van der Waals surface area contributed by atoms with Crippen LogP contribution < -0.4 is 0 Å². The Morgan fingerprint density at radius 2 is 1.68 bits per heavy atom. The zero-order valence-electron chi connectivity index (χ0n) is 16.6. The molecule has 2 fully saturated rings. The van der Waals surface area contributed by atoms with Crippen molar-refractivity contribution >= 4 is 11.9 Å². The van der Waals surface area contributed by atoms with Crippen molar-refractivity contribution in [3.63, 3.8) is 0 Å². The molecule has 4 nitrogen and oxygen atoms in total. The Labute approximate surface area is 163 Å². The number of hydrogen-bond donors (Lipinski definition) is 0. The van der Waals surface area contributed by atoms with Gasteiger partial charge in [-0.25, -0.2) is 18.0 Å². The number of fused-ring (bicyclic) bond motifs is 2. The fourth-order valence-electron chi connectivity index (χ4n) is 4.37.